The average molecular weight is 292 g/mol. The third-order valence-electron chi connectivity index (χ3n) is 3.92. The van der Waals surface area contributed by atoms with Crippen LogP contribution in [0.4, 0.5) is 0 Å². The van der Waals surface area contributed by atoms with Gasteiger partial charge in [0.05, 0.1) is 11.2 Å². The second-order valence-electron chi connectivity index (χ2n) is 5.80. The maximum atomic E-state index is 6.07. The molecule has 0 aliphatic carbocycles. The van der Waals surface area contributed by atoms with Crippen molar-refractivity contribution in [3.63, 3.8) is 0 Å². The zero-order valence-electron chi connectivity index (χ0n) is 11.6. The largest absolute Gasteiger partial charge is 0.505 e. The first-order chi connectivity index (χ1) is 8.89. The van der Waals surface area contributed by atoms with Gasteiger partial charge in [-0.1, -0.05) is 6.07 Å². The van der Waals surface area contributed by atoms with Gasteiger partial charge < -0.3 is 9.31 Å². The van der Waals surface area contributed by atoms with Gasteiger partial charge in [-0.05, 0) is 50.6 Å². The molecule has 1 saturated heterocycles. The van der Waals surface area contributed by atoms with Crippen LogP contribution in [0.3, 0.4) is 0 Å². The predicted octanol–water partition coefficient (Wildman–Crippen LogP) is 3.78. The van der Waals surface area contributed by atoms with Crippen LogP contribution in [0.15, 0.2) is 29.0 Å². The van der Waals surface area contributed by atoms with Crippen LogP contribution in [0.2, 0.25) is 0 Å². The highest BCUT2D eigenvalue weighted by Gasteiger charge is 2.52. The molecule has 100 valence electrons. The molecule has 0 amide bonds. The normalized spacial score (nSPS) is 20.9. The van der Waals surface area contributed by atoms with Crippen LogP contribution in [0.5, 0.6) is 0 Å². The Morgan fingerprint density at radius 3 is 2.26 bits per heavy atom. The molecule has 2 nitrogen and oxygen atoms in total. The first-order valence-electron chi connectivity index (χ1n) is 6.37. The minimum atomic E-state index is -0.274. The van der Waals surface area contributed by atoms with Crippen molar-refractivity contribution in [1.29, 1.82) is 0 Å². The van der Waals surface area contributed by atoms with Gasteiger partial charge in [-0.3, -0.25) is 0 Å². The molecule has 19 heavy (non-hydrogen) atoms. The predicted molar refractivity (Wildman–Crippen MR) is 83.3 cm³/mol. The molecule has 1 aliphatic rings. The van der Waals surface area contributed by atoms with Gasteiger partial charge in [0.1, 0.15) is 0 Å². The first kappa shape index (κ1) is 13.4. The lowest BCUT2D eigenvalue weighted by Crippen LogP contribution is -2.41. The smallest absolute Gasteiger partial charge is 0.399 e. The fourth-order valence-electron chi connectivity index (χ4n) is 2.00. The van der Waals surface area contributed by atoms with E-state index in [9.17, 15) is 0 Å². The summed E-state index contributed by atoms with van der Waals surface area (Å²) in [5, 5.41) is 4.27. The van der Waals surface area contributed by atoms with Crippen molar-refractivity contribution in [2.75, 3.05) is 0 Å². The zero-order chi connectivity index (χ0) is 13.7. The van der Waals surface area contributed by atoms with Gasteiger partial charge in [-0.2, -0.15) is 11.3 Å². The van der Waals surface area contributed by atoms with E-state index >= 15 is 0 Å². The molecule has 1 fully saturated rings. The van der Waals surface area contributed by atoms with E-state index in [0.29, 0.717) is 0 Å². The molecule has 0 unspecified atom stereocenters. The Bertz CT molecular complexity index is 556. The summed E-state index contributed by atoms with van der Waals surface area (Å²) in [4.78, 5) is 1.27. The molecular weight excluding hydrogens is 275 g/mol. The average Bonchev–Trinajstić information content (AvgIpc) is 3.00. The molecule has 3 rings (SSSR count). The van der Waals surface area contributed by atoms with E-state index in [2.05, 4.69) is 56.7 Å². The minimum absolute atomic E-state index is 0.248. The molecule has 0 aromatic carbocycles. The van der Waals surface area contributed by atoms with Gasteiger partial charge in [0.15, 0.2) is 0 Å². The fourth-order valence-corrected chi connectivity index (χ4v) is 3.69. The van der Waals surface area contributed by atoms with E-state index in [1.807, 2.05) is 0 Å². The fraction of sp³-hybridized carbons (Fsp3) is 0.429. The molecule has 0 atom stereocenters. The van der Waals surface area contributed by atoms with Crippen molar-refractivity contribution in [2.45, 2.75) is 38.9 Å². The van der Waals surface area contributed by atoms with Crippen LogP contribution in [0.1, 0.15) is 27.7 Å². The summed E-state index contributed by atoms with van der Waals surface area (Å²) in [7, 11) is -0.248. The Balaban J connectivity index is 1.85. The minimum Gasteiger partial charge on any atom is -0.399 e. The van der Waals surface area contributed by atoms with Gasteiger partial charge in [-0.25, -0.2) is 0 Å². The van der Waals surface area contributed by atoms with Crippen LogP contribution < -0.4 is 4.78 Å². The van der Waals surface area contributed by atoms with Crippen molar-refractivity contribution in [2.24, 2.45) is 0 Å². The second kappa shape index (κ2) is 4.45. The molecule has 2 aromatic rings. The molecule has 5 heteroatoms. The van der Waals surface area contributed by atoms with Crippen molar-refractivity contribution in [3.8, 4) is 10.4 Å². The van der Waals surface area contributed by atoms with Crippen molar-refractivity contribution in [3.05, 3.63) is 29.0 Å². The van der Waals surface area contributed by atoms with Crippen molar-refractivity contribution < 1.29 is 9.31 Å². The summed E-state index contributed by atoms with van der Waals surface area (Å²) >= 11 is 3.47. The molecule has 0 bridgehead atoms. The van der Waals surface area contributed by atoms with Crippen molar-refractivity contribution in [1.82, 2.24) is 0 Å². The molecule has 0 radical (unpaired) electrons. The van der Waals surface area contributed by atoms with E-state index < -0.39 is 0 Å². The van der Waals surface area contributed by atoms with Crippen LogP contribution >= 0.6 is 22.7 Å². The second-order valence-corrected chi connectivity index (χ2v) is 7.70. The maximum Gasteiger partial charge on any atom is 0.505 e. The number of rotatable bonds is 2. The molecule has 2 aromatic heterocycles. The summed E-state index contributed by atoms with van der Waals surface area (Å²) < 4.78 is 13.3. The summed E-state index contributed by atoms with van der Waals surface area (Å²) in [5.41, 5.74) is 0.728. The lowest BCUT2D eigenvalue weighted by atomic mass is 9.88. The quantitative estimate of drug-likeness (QED) is 0.784. The number of hydrogen-bond donors (Lipinski definition) is 0. The van der Waals surface area contributed by atoms with E-state index in [0.717, 1.165) is 4.78 Å². The van der Waals surface area contributed by atoms with E-state index in [1.165, 1.54) is 10.4 Å². The highest BCUT2D eigenvalue weighted by molar-refractivity contribution is 7.25. The molecule has 3 heterocycles. The Hall–Kier alpha value is -0.615. The summed E-state index contributed by atoms with van der Waals surface area (Å²) in [6.07, 6.45) is 0. The molecule has 0 N–H and O–H groups in total. The van der Waals surface area contributed by atoms with Crippen LogP contribution in [0, 0.1) is 0 Å². The Kier molecular flexibility index (Phi) is 3.13. The van der Waals surface area contributed by atoms with E-state index in [-0.39, 0.29) is 18.3 Å². The van der Waals surface area contributed by atoms with Crippen LogP contribution in [0.25, 0.3) is 10.4 Å². The first-order valence-corrected chi connectivity index (χ1v) is 8.13. The standard InChI is InChI=1S/C14H17BO2S2/c1-13(2)14(3,4)17-15(16-13)12-6-5-11(19-12)10-7-8-18-9-10/h5-9H,1-4H3. The lowest BCUT2D eigenvalue weighted by molar-refractivity contribution is 0.00578. The molecular formula is C14H17BO2S2. The van der Waals surface area contributed by atoms with Gasteiger partial charge in [0, 0.05) is 15.2 Å². The third-order valence-corrected chi connectivity index (χ3v) is 5.76. The Labute approximate surface area is 122 Å². The highest BCUT2D eigenvalue weighted by atomic mass is 32.1. The van der Waals surface area contributed by atoms with E-state index in [4.69, 9.17) is 9.31 Å². The highest BCUT2D eigenvalue weighted by Crippen LogP contribution is 2.37. The molecule has 0 spiro atoms. The summed E-state index contributed by atoms with van der Waals surface area (Å²) in [6, 6.07) is 6.40. The summed E-state index contributed by atoms with van der Waals surface area (Å²) in [5.74, 6) is 0. The zero-order valence-corrected chi connectivity index (χ0v) is 13.2. The van der Waals surface area contributed by atoms with Gasteiger partial charge in [0.2, 0.25) is 0 Å². The van der Waals surface area contributed by atoms with Crippen LogP contribution in [-0.4, -0.2) is 18.3 Å². The summed E-state index contributed by atoms with van der Waals surface area (Å²) in [6.45, 7) is 8.33. The Morgan fingerprint density at radius 2 is 1.68 bits per heavy atom. The number of thiophene rings is 2. The Morgan fingerprint density at radius 1 is 1.00 bits per heavy atom. The topological polar surface area (TPSA) is 18.5 Å². The van der Waals surface area contributed by atoms with Crippen molar-refractivity contribution >= 4 is 34.6 Å². The molecule has 1 aliphatic heterocycles. The van der Waals surface area contributed by atoms with Gasteiger partial charge in [-0.15, -0.1) is 11.3 Å². The maximum absolute atomic E-state index is 6.07. The van der Waals surface area contributed by atoms with Crippen LogP contribution in [-0.2, 0) is 9.31 Å². The number of hydrogen-bond acceptors (Lipinski definition) is 4. The molecule has 0 saturated carbocycles. The van der Waals surface area contributed by atoms with Gasteiger partial charge >= 0.3 is 7.12 Å². The lowest BCUT2D eigenvalue weighted by Gasteiger charge is -2.32. The monoisotopic (exact) mass is 292 g/mol. The van der Waals surface area contributed by atoms with E-state index in [1.54, 1.807) is 22.7 Å². The third kappa shape index (κ3) is 2.29. The van der Waals surface area contributed by atoms with Gasteiger partial charge in [0.25, 0.3) is 0 Å². The SMILES string of the molecule is CC1(C)OB(c2ccc(-c3ccsc3)s2)OC1(C)C.